The molecule has 0 radical (unpaired) electrons. The Morgan fingerprint density at radius 1 is 1.15 bits per heavy atom. The second-order valence-corrected chi connectivity index (χ2v) is 8.02. The SMILES string of the molecule is O=S(=O)(c1cc(Cl)ccc1Cl)N1CCN2CCC[C@@H]2C1. The smallest absolute Gasteiger partial charge is 0.244 e. The van der Waals surface area contributed by atoms with E-state index in [0.717, 1.165) is 25.9 Å². The predicted octanol–water partition coefficient (Wildman–Crippen LogP) is 2.46. The van der Waals surface area contributed by atoms with Crippen LogP contribution in [0.15, 0.2) is 23.1 Å². The van der Waals surface area contributed by atoms with Crippen LogP contribution in [0.25, 0.3) is 0 Å². The lowest BCUT2D eigenvalue weighted by molar-refractivity contribution is 0.158. The van der Waals surface area contributed by atoms with E-state index in [1.807, 2.05) is 0 Å². The van der Waals surface area contributed by atoms with Crippen molar-refractivity contribution in [3.05, 3.63) is 28.2 Å². The molecule has 0 aliphatic carbocycles. The molecular formula is C13H16Cl2N2O2S. The summed E-state index contributed by atoms with van der Waals surface area (Å²) in [6.45, 7) is 2.94. The topological polar surface area (TPSA) is 40.6 Å². The number of benzene rings is 1. The van der Waals surface area contributed by atoms with Crippen LogP contribution in [0.4, 0.5) is 0 Å². The molecule has 1 aromatic carbocycles. The monoisotopic (exact) mass is 334 g/mol. The molecule has 0 spiro atoms. The van der Waals surface area contributed by atoms with E-state index in [0.29, 0.717) is 24.2 Å². The fraction of sp³-hybridized carbons (Fsp3) is 0.538. The summed E-state index contributed by atoms with van der Waals surface area (Å²) in [7, 11) is -3.56. The summed E-state index contributed by atoms with van der Waals surface area (Å²) in [6, 6.07) is 4.90. The largest absolute Gasteiger partial charge is 0.298 e. The lowest BCUT2D eigenvalue weighted by Gasteiger charge is -2.36. The predicted molar refractivity (Wildman–Crippen MR) is 79.8 cm³/mol. The summed E-state index contributed by atoms with van der Waals surface area (Å²) in [5.41, 5.74) is 0. The van der Waals surface area contributed by atoms with E-state index in [-0.39, 0.29) is 9.92 Å². The molecule has 1 atom stereocenters. The molecule has 0 unspecified atom stereocenters. The Balaban J connectivity index is 1.90. The molecular weight excluding hydrogens is 319 g/mol. The Morgan fingerprint density at radius 3 is 2.75 bits per heavy atom. The third-order valence-corrected chi connectivity index (χ3v) is 6.64. The van der Waals surface area contributed by atoms with E-state index >= 15 is 0 Å². The maximum atomic E-state index is 12.7. The first-order valence-corrected chi connectivity index (χ1v) is 8.87. The average Bonchev–Trinajstić information content (AvgIpc) is 2.88. The van der Waals surface area contributed by atoms with E-state index in [1.54, 1.807) is 6.07 Å². The quantitative estimate of drug-likeness (QED) is 0.834. The Bertz CT molecular complexity index is 621. The number of rotatable bonds is 2. The zero-order valence-corrected chi connectivity index (χ0v) is 13.3. The van der Waals surface area contributed by atoms with Gasteiger partial charge in [-0.1, -0.05) is 23.2 Å². The molecule has 2 saturated heterocycles. The molecule has 4 nitrogen and oxygen atoms in total. The van der Waals surface area contributed by atoms with Crippen LogP contribution in [-0.4, -0.2) is 49.8 Å². The summed E-state index contributed by atoms with van der Waals surface area (Å²) in [5.74, 6) is 0. The van der Waals surface area contributed by atoms with Crippen molar-refractivity contribution in [3.8, 4) is 0 Å². The van der Waals surface area contributed by atoms with E-state index < -0.39 is 10.0 Å². The summed E-state index contributed by atoms with van der Waals surface area (Å²) in [4.78, 5) is 2.48. The molecule has 7 heteroatoms. The molecule has 0 bridgehead atoms. The van der Waals surface area contributed by atoms with Crippen molar-refractivity contribution in [2.45, 2.75) is 23.8 Å². The number of hydrogen-bond acceptors (Lipinski definition) is 3. The fourth-order valence-electron chi connectivity index (χ4n) is 2.99. The standard InChI is InChI=1S/C13H16Cl2N2O2S/c14-10-3-4-12(15)13(8-10)20(18,19)17-7-6-16-5-1-2-11(16)9-17/h3-4,8,11H,1-2,5-7,9H2/t11-/m1/s1. The second kappa shape index (κ2) is 5.46. The van der Waals surface area contributed by atoms with Gasteiger partial charge in [0.2, 0.25) is 10.0 Å². The van der Waals surface area contributed by atoms with Gasteiger partial charge in [0.15, 0.2) is 0 Å². The van der Waals surface area contributed by atoms with Crippen molar-refractivity contribution in [2.75, 3.05) is 26.2 Å². The first-order valence-electron chi connectivity index (χ1n) is 6.68. The van der Waals surface area contributed by atoms with Gasteiger partial charge < -0.3 is 0 Å². The van der Waals surface area contributed by atoms with Crippen molar-refractivity contribution in [1.82, 2.24) is 9.21 Å². The average molecular weight is 335 g/mol. The lowest BCUT2D eigenvalue weighted by atomic mass is 10.2. The molecule has 110 valence electrons. The van der Waals surface area contributed by atoms with Crippen molar-refractivity contribution >= 4 is 33.2 Å². The summed E-state index contributed by atoms with van der Waals surface area (Å²) < 4.78 is 27.0. The maximum Gasteiger partial charge on any atom is 0.244 e. The number of halogens is 2. The van der Waals surface area contributed by atoms with Crippen molar-refractivity contribution in [2.24, 2.45) is 0 Å². The van der Waals surface area contributed by atoms with E-state index in [2.05, 4.69) is 4.90 Å². The minimum Gasteiger partial charge on any atom is -0.298 e. The normalized spacial score (nSPS) is 24.8. The van der Waals surface area contributed by atoms with Crippen LogP contribution >= 0.6 is 23.2 Å². The van der Waals surface area contributed by atoms with Crippen molar-refractivity contribution < 1.29 is 8.42 Å². The zero-order valence-electron chi connectivity index (χ0n) is 10.9. The van der Waals surface area contributed by atoms with Crippen LogP contribution in [-0.2, 0) is 10.0 Å². The summed E-state index contributed by atoms with van der Waals surface area (Å²) in [6.07, 6.45) is 2.21. The van der Waals surface area contributed by atoms with Gasteiger partial charge in [-0.3, -0.25) is 4.90 Å². The molecule has 2 heterocycles. The highest BCUT2D eigenvalue weighted by molar-refractivity contribution is 7.89. The molecule has 20 heavy (non-hydrogen) atoms. The third-order valence-electron chi connectivity index (χ3n) is 4.06. The zero-order chi connectivity index (χ0) is 14.3. The van der Waals surface area contributed by atoms with Crippen LogP contribution in [0, 0.1) is 0 Å². The van der Waals surface area contributed by atoms with Gasteiger partial charge in [0.25, 0.3) is 0 Å². The fourth-order valence-corrected chi connectivity index (χ4v) is 5.20. The van der Waals surface area contributed by atoms with Gasteiger partial charge in [0.05, 0.1) is 5.02 Å². The highest BCUT2D eigenvalue weighted by Crippen LogP contribution is 2.30. The molecule has 1 aromatic rings. The number of hydrogen-bond donors (Lipinski definition) is 0. The highest BCUT2D eigenvalue weighted by atomic mass is 35.5. The minimum absolute atomic E-state index is 0.109. The Hall–Kier alpha value is -0.330. The summed E-state index contributed by atoms with van der Waals surface area (Å²) >= 11 is 11.9. The van der Waals surface area contributed by atoms with Gasteiger partial charge in [-0.25, -0.2) is 8.42 Å². The molecule has 0 N–H and O–H groups in total. The summed E-state index contributed by atoms with van der Waals surface area (Å²) in [5, 5.41) is 0.607. The Labute approximate surface area is 129 Å². The van der Waals surface area contributed by atoms with Gasteiger partial charge in [0, 0.05) is 30.7 Å². The van der Waals surface area contributed by atoms with E-state index in [1.165, 1.54) is 16.4 Å². The minimum atomic E-state index is -3.56. The number of sulfonamides is 1. The first kappa shape index (κ1) is 14.6. The molecule has 0 saturated carbocycles. The second-order valence-electron chi connectivity index (χ2n) is 5.27. The number of nitrogens with zero attached hydrogens (tertiary/aromatic N) is 2. The Kier molecular flexibility index (Phi) is 3.99. The Morgan fingerprint density at radius 2 is 1.95 bits per heavy atom. The van der Waals surface area contributed by atoms with Crippen LogP contribution < -0.4 is 0 Å². The van der Waals surface area contributed by atoms with Crippen LogP contribution in [0.3, 0.4) is 0 Å². The van der Waals surface area contributed by atoms with Crippen molar-refractivity contribution in [3.63, 3.8) is 0 Å². The third kappa shape index (κ3) is 2.57. The number of piperazine rings is 1. The van der Waals surface area contributed by atoms with Gasteiger partial charge in [-0.05, 0) is 37.6 Å². The lowest BCUT2D eigenvalue weighted by Crippen LogP contribution is -2.51. The highest BCUT2D eigenvalue weighted by Gasteiger charge is 2.36. The van der Waals surface area contributed by atoms with Crippen LogP contribution in [0.2, 0.25) is 10.0 Å². The van der Waals surface area contributed by atoms with E-state index in [9.17, 15) is 8.42 Å². The molecule has 0 amide bonds. The number of fused-ring (bicyclic) bond motifs is 1. The molecule has 3 rings (SSSR count). The first-order chi connectivity index (χ1) is 9.48. The van der Waals surface area contributed by atoms with Crippen molar-refractivity contribution in [1.29, 1.82) is 0 Å². The van der Waals surface area contributed by atoms with Crippen LogP contribution in [0.1, 0.15) is 12.8 Å². The molecule has 2 fully saturated rings. The van der Waals surface area contributed by atoms with E-state index in [4.69, 9.17) is 23.2 Å². The molecule has 2 aliphatic heterocycles. The van der Waals surface area contributed by atoms with Gasteiger partial charge >= 0.3 is 0 Å². The maximum absolute atomic E-state index is 12.7. The van der Waals surface area contributed by atoms with Gasteiger partial charge in [0.1, 0.15) is 4.90 Å². The van der Waals surface area contributed by atoms with Gasteiger partial charge in [-0.2, -0.15) is 4.31 Å². The van der Waals surface area contributed by atoms with Crippen LogP contribution in [0.5, 0.6) is 0 Å². The molecule has 2 aliphatic rings. The van der Waals surface area contributed by atoms with Gasteiger partial charge in [-0.15, -0.1) is 0 Å². The molecule has 0 aromatic heterocycles.